The van der Waals surface area contributed by atoms with E-state index < -0.39 is 0 Å². The lowest BCUT2D eigenvalue weighted by Gasteiger charge is -2.27. The Hall–Kier alpha value is -2.89. The van der Waals surface area contributed by atoms with Gasteiger partial charge >= 0.3 is 0 Å². The number of aromatic amines is 1. The van der Waals surface area contributed by atoms with Crippen LogP contribution in [0.15, 0.2) is 42.9 Å². The highest BCUT2D eigenvalue weighted by atomic mass is 16.2. The highest BCUT2D eigenvalue weighted by Crippen LogP contribution is 2.20. The Bertz CT molecular complexity index is 846. The Morgan fingerprint density at radius 1 is 1.22 bits per heavy atom. The summed E-state index contributed by atoms with van der Waals surface area (Å²) in [4.78, 5) is 18.6. The molecule has 0 fully saturated rings. The van der Waals surface area contributed by atoms with Gasteiger partial charge in [-0.15, -0.1) is 0 Å². The van der Waals surface area contributed by atoms with Gasteiger partial charge in [-0.05, 0) is 13.0 Å². The summed E-state index contributed by atoms with van der Waals surface area (Å²) in [6.07, 6.45) is 3.62. The lowest BCUT2D eigenvalue weighted by Crippen LogP contribution is -2.38. The molecule has 1 amide bonds. The number of hydrogen-bond donors (Lipinski definition) is 1. The van der Waals surface area contributed by atoms with Crippen molar-refractivity contribution in [1.29, 1.82) is 0 Å². The maximum Gasteiger partial charge on any atom is 0.272 e. The van der Waals surface area contributed by atoms with Crippen molar-refractivity contribution in [3.8, 4) is 11.3 Å². The molecule has 0 unspecified atom stereocenters. The van der Waals surface area contributed by atoms with Crippen LogP contribution in [-0.2, 0) is 13.1 Å². The molecule has 1 aliphatic rings. The van der Waals surface area contributed by atoms with E-state index in [-0.39, 0.29) is 5.91 Å². The molecule has 1 aromatic carbocycles. The summed E-state index contributed by atoms with van der Waals surface area (Å²) in [5, 5.41) is 7.15. The molecule has 3 heterocycles. The van der Waals surface area contributed by atoms with E-state index in [9.17, 15) is 4.79 Å². The maximum absolute atomic E-state index is 12.7. The second-order valence-electron chi connectivity index (χ2n) is 5.84. The first kappa shape index (κ1) is 13.8. The summed E-state index contributed by atoms with van der Waals surface area (Å²) in [6.45, 7) is 4.09. The minimum atomic E-state index is -0.0247. The van der Waals surface area contributed by atoms with Gasteiger partial charge in [-0.2, -0.15) is 5.10 Å². The number of aryl methyl sites for hydroxylation is 1. The number of imidazole rings is 1. The molecule has 1 N–H and O–H groups in total. The summed E-state index contributed by atoms with van der Waals surface area (Å²) >= 11 is 0. The van der Waals surface area contributed by atoms with Crippen LogP contribution in [0.25, 0.3) is 11.3 Å². The highest BCUT2D eigenvalue weighted by molar-refractivity contribution is 5.93. The molecular formula is C17H17N5O. The third kappa shape index (κ3) is 2.52. The normalized spacial score (nSPS) is 13.9. The second kappa shape index (κ2) is 5.39. The number of hydrogen-bond acceptors (Lipinski definition) is 3. The van der Waals surface area contributed by atoms with Crippen molar-refractivity contribution in [3.63, 3.8) is 0 Å². The molecule has 6 heteroatoms. The van der Waals surface area contributed by atoms with Gasteiger partial charge in [-0.1, -0.05) is 29.8 Å². The van der Waals surface area contributed by atoms with Gasteiger partial charge in [-0.25, -0.2) is 4.98 Å². The second-order valence-corrected chi connectivity index (χ2v) is 5.84. The number of nitrogens with zero attached hydrogens (tertiary/aromatic N) is 4. The maximum atomic E-state index is 12.7. The van der Waals surface area contributed by atoms with Gasteiger partial charge in [0.05, 0.1) is 24.3 Å². The first-order valence-electron chi connectivity index (χ1n) is 7.61. The van der Waals surface area contributed by atoms with Gasteiger partial charge < -0.3 is 9.47 Å². The summed E-state index contributed by atoms with van der Waals surface area (Å²) in [6, 6.07) is 9.92. The summed E-state index contributed by atoms with van der Waals surface area (Å²) in [5.41, 5.74) is 4.57. The van der Waals surface area contributed by atoms with E-state index in [0.717, 1.165) is 23.5 Å². The topological polar surface area (TPSA) is 66.8 Å². The zero-order chi connectivity index (χ0) is 15.8. The molecule has 0 saturated heterocycles. The van der Waals surface area contributed by atoms with Crippen LogP contribution < -0.4 is 0 Å². The minimum absolute atomic E-state index is 0.0247. The Kier molecular flexibility index (Phi) is 3.22. The SMILES string of the molecule is Cc1ccc(-c2cc(C(=O)N3CCn4cncc4C3)[nH]n2)cc1. The Labute approximate surface area is 133 Å². The van der Waals surface area contributed by atoms with Crippen LogP contribution in [0.3, 0.4) is 0 Å². The Balaban J connectivity index is 1.55. The van der Waals surface area contributed by atoms with Gasteiger partial charge in [0, 0.05) is 24.8 Å². The van der Waals surface area contributed by atoms with Crippen molar-refractivity contribution in [2.45, 2.75) is 20.0 Å². The number of fused-ring (bicyclic) bond motifs is 1. The largest absolute Gasteiger partial charge is 0.331 e. The van der Waals surface area contributed by atoms with Crippen LogP contribution in [0.5, 0.6) is 0 Å². The fourth-order valence-corrected chi connectivity index (χ4v) is 2.83. The zero-order valence-corrected chi connectivity index (χ0v) is 12.9. The van der Waals surface area contributed by atoms with Crippen molar-refractivity contribution in [2.24, 2.45) is 0 Å². The summed E-state index contributed by atoms with van der Waals surface area (Å²) in [7, 11) is 0. The van der Waals surface area contributed by atoms with Gasteiger partial charge in [0.15, 0.2) is 0 Å². The number of benzene rings is 1. The first-order valence-corrected chi connectivity index (χ1v) is 7.61. The fraction of sp³-hybridized carbons (Fsp3) is 0.235. The zero-order valence-electron chi connectivity index (χ0n) is 12.9. The molecular weight excluding hydrogens is 290 g/mol. The molecule has 116 valence electrons. The van der Waals surface area contributed by atoms with E-state index in [1.54, 1.807) is 0 Å². The molecule has 0 saturated carbocycles. The lowest BCUT2D eigenvalue weighted by atomic mass is 10.1. The number of H-pyrrole nitrogens is 1. The van der Waals surface area contributed by atoms with Crippen LogP contribution in [0, 0.1) is 6.92 Å². The van der Waals surface area contributed by atoms with Crippen molar-refractivity contribution in [1.82, 2.24) is 24.6 Å². The van der Waals surface area contributed by atoms with E-state index in [1.807, 2.05) is 54.7 Å². The van der Waals surface area contributed by atoms with Gasteiger partial charge in [0.25, 0.3) is 5.91 Å². The first-order chi connectivity index (χ1) is 11.2. The van der Waals surface area contributed by atoms with Crippen molar-refractivity contribution in [2.75, 3.05) is 6.54 Å². The minimum Gasteiger partial charge on any atom is -0.331 e. The van der Waals surface area contributed by atoms with Crippen LogP contribution in [-0.4, -0.2) is 37.1 Å². The third-order valence-corrected chi connectivity index (χ3v) is 4.21. The molecule has 2 aromatic heterocycles. The molecule has 3 aromatic rings. The molecule has 6 nitrogen and oxygen atoms in total. The van der Waals surface area contributed by atoms with Crippen LogP contribution >= 0.6 is 0 Å². The highest BCUT2D eigenvalue weighted by Gasteiger charge is 2.23. The summed E-state index contributed by atoms with van der Waals surface area (Å²) < 4.78 is 2.08. The van der Waals surface area contributed by atoms with Crippen LogP contribution in [0.1, 0.15) is 21.7 Å². The average Bonchev–Trinajstić information content (AvgIpc) is 3.23. The predicted octanol–water partition coefficient (Wildman–Crippen LogP) is 2.24. The number of aromatic nitrogens is 4. The van der Waals surface area contributed by atoms with E-state index >= 15 is 0 Å². The average molecular weight is 307 g/mol. The smallest absolute Gasteiger partial charge is 0.272 e. The van der Waals surface area contributed by atoms with E-state index in [2.05, 4.69) is 19.7 Å². The summed E-state index contributed by atoms with van der Waals surface area (Å²) in [5.74, 6) is -0.0247. The van der Waals surface area contributed by atoms with Crippen molar-refractivity contribution < 1.29 is 4.79 Å². The van der Waals surface area contributed by atoms with Gasteiger partial charge in [0.2, 0.25) is 0 Å². The monoisotopic (exact) mass is 307 g/mol. The van der Waals surface area contributed by atoms with Crippen molar-refractivity contribution >= 4 is 5.91 Å². The molecule has 1 aliphatic heterocycles. The number of amides is 1. The van der Waals surface area contributed by atoms with E-state index in [4.69, 9.17) is 0 Å². The lowest BCUT2D eigenvalue weighted by molar-refractivity contribution is 0.0705. The molecule has 0 spiro atoms. The molecule has 0 bridgehead atoms. The molecule has 0 aliphatic carbocycles. The standard InChI is InChI=1S/C17H17N5O/c1-12-2-4-13(5-3-12)15-8-16(20-19-15)17(23)21-6-7-22-11-18-9-14(22)10-21/h2-5,8-9,11H,6-7,10H2,1H3,(H,19,20). The van der Waals surface area contributed by atoms with Crippen molar-refractivity contribution in [3.05, 3.63) is 59.8 Å². The third-order valence-electron chi connectivity index (χ3n) is 4.21. The number of carbonyl (C=O) groups excluding carboxylic acids is 1. The Morgan fingerprint density at radius 2 is 2.04 bits per heavy atom. The van der Waals surface area contributed by atoms with Crippen LogP contribution in [0.2, 0.25) is 0 Å². The van der Waals surface area contributed by atoms with Crippen LogP contribution in [0.4, 0.5) is 0 Å². The van der Waals surface area contributed by atoms with Gasteiger partial charge in [-0.3, -0.25) is 9.89 Å². The molecule has 0 atom stereocenters. The van der Waals surface area contributed by atoms with E-state index in [1.165, 1.54) is 5.56 Å². The fourth-order valence-electron chi connectivity index (χ4n) is 2.83. The van der Waals surface area contributed by atoms with E-state index in [0.29, 0.717) is 18.8 Å². The molecule has 4 rings (SSSR count). The number of carbonyl (C=O) groups is 1. The number of rotatable bonds is 2. The predicted molar refractivity (Wildman–Crippen MR) is 85.7 cm³/mol. The molecule has 0 radical (unpaired) electrons. The Morgan fingerprint density at radius 3 is 2.87 bits per heavy atom. The quantitative estimate of drug-likeness (QED) is 0.789. The van der Waals surface area contributed by atoms with Gasteiger partial charge in [0.1, 0.15) is 5.69 Å². The molecule has 23 heavy (non-hydrogen) atoms. The number of nitrogens with one attached hydrogen (secondary N) is 1.